The van der Waals surface area contributed by atoms with Crippen LogP contribution >= 0.6 is 0 Å². The molecule has 7 heteroatoms. The van der Waals surface area contributed by atoms with Gasteiger partial charge in [0.2, 0.25) is 5.82 Å². The summed E-state index contributed by atoms with van der Waals surface area (Å²) in [5.41, 5.74) is 0. The smallest absolute Gasteiger partial charge is 0.381 e. The maximum absolute atomic E-state index is 13.5. The van der Waals surface area contributed by atoms with E-state index in [0.717, 1.165) is 6.42 Å². The molecule has 0 aromatic heterocycles. The van der Waals surface area contributed by atoms with Crippen LogP contribution in [-0.4, -0.2) is 42.7 Å². The molecule has 1 N–H and O–H groups in total. The first-order chi connectivity index (χ1) is 8.59. The van der Waals surface area contributed by atoms with E-state index in [1.165, 1.54) is 0 Å². The van der Waals surface area contributed by atoms with Gasteiger partial charge < -0.3 is 15.0 Å². The normalized spacial score (nSPS) is 31.1. The lowest BCUT2D eigenvalue weighted by molar-refractivity contribution is -0.450. The van der Waals surface area contributed by atoms with Gasteiger partial charge in [-0.15, -0.1) is 4.39 Å². The summed E-state index contributed by atoms with van der Waals surface area (Å²) in [6.45, 7) is 5.26. The Hall–Kier alpha value is -1.37. The number of ether oxygens (including phenoxy) is 1. The molecule has 2 aliphatic rings. The molecule has 0 bridgehead atoms. The van der Waals surface area contributed by atoms with Crippen molar-refractivity contribution < 1.29 is 14.1 Å². The van der Waals surface area contributed by atoms with Crippen molar-refractivity contribution in [3.05, 3.63) is 21.9 Å². The van der Waals surface area contributed by atoms with Gasteiger partial charge in [0.05, 0.1) is 11.5 Å². The maximum atomic E-state index is 13.5. The van der Waals surface area contributed by atoms with Gasteiger partial charge in [0.15, 0.2) is 0 Å². The predicted molar refractivity (Wildman–Crippen MR) is 62.8 cm³/mol. The number of nitrogens with one attached hydrogen (secondary N) is 1. The van der Waals surface area contributed by atoms with Gasteiger partial charge in [-0.3, -0.25) is 10.1 Å². The molecule has 0 saturated carbocycles. The molecule has 0 radical (unpaired) electrons. The molecule has 0 aliphatic carbocycles. The van der Waals surface area contributed by atoms with Gasteiger partial charge in [0, 0.05) is 32.2 Å². The number of nitrogens with zero attached hydrogens (tertiary/aromatic N) is 2. The second-order valence-corrected chi connectivity index (χ2v) is 4.90. The molecule has 0 aromatic carbocycles. The van der Waals surface area contributed by atoms with Crippen molar-refractivity contribution >= 4 is 0 Å². The largest absolute Gasteiger partial charge is 0.460 e. The van der Waals surface area contributed by atoms with E-state index in [2.05, 4.69) is 12.2 Å². The van der Waals surface area contributed by atoms with E-state index in [4.69, 9.17) is 4.74 Å². The fourth-order valence-electron chi connectivity index (χ4n) is 2.39. The Labute approximate surface area is 105 Å². The molecule has 0 aromatic rings. The van der Waals surface area contributed by atoms with Gasteiger partial charge >= 0.3 is 5.95 Å². The van der Waals surface area contributed by atoms with Crippen LogP contribution in [0.15, 0.2) is 11.8 Å². The minimum atomic E-state index is -1.29. The van der Waals surface area contributed by atoms with Crippen LogP contribution in [0.4, 0.5) is 4.39 Å². The third kappa shape index (κ3) is 2.72. The maximum Gasteiger partial charge on any atom is 0.460 e. The Bertz CT molecular complexity index is 361. The standard InChI is InChI=1S/C11H18FN3O3/c1-8-6-18-7-9(8)5-14-4-2-3-13-11(14)10(12)15(16)17/h8-9,13H,2-7H2,1H3. The monoisotopic (exact) mass is 259 g/mol. The van der Waals surface area contributed by atoms with Gasteiger partial charge in [0.25, 0.3) is 0 Å². The van der Waals surface area contributed by atoms with Crippen LogP contribution in [0.3, 0.4) is 0 Å². The van der Waals surface area contributed by atoms with Crippen LogP contribution in [0.1, 0.15) is 13.3 Å². The van der Waals surface area contributed by atoms with Crippen molar-refractivity contribution in [3.8, 4) is 0 Å². The first-order valence-electron chi connectivity index (χ1n) is 6.20. The van der Waals surface area contributed by atoms with Crippen molar-refractivity contribution in [1.29, 1.82) is 0 Å². The van der Waals surface area contributed by atoms with Crippen molar-refractivity contribution in [3.63, 3.8) is 0 Å². The van der Waals surface area contributed by atoms with Crippen LogP contribution in [0.5, 0.6) is 0 Å². The molecule has 2 unspecified atom stereocenters. The molecule has 2 atom stereocenters. The lowest BCUT2D eigenvalue weighted by Crippen LogP contribution is -2.43. The molecule has 0 amide bonds. The SMILES string of the molecule is CC1COCC1CN1CCCNC1=C(F)[N+](=O)[O-]. The van der Waals surface area contributed by atoms with E-state index < -0.39 is 10.9 Å². The van der Waals surface area contributed by atoms with Crippen LogP contribution in [-0.2, 0) is 4.74 Å². The number of nitro groups is 1. The van der Waals surface area contributed by atoms with Gasteiger partial charge in [0.1, 0.15) is 0 Å². The first kappa shape index (κ1) is 13.1. The summed E-state index contributed by atoms with van der Waals surface area (Å²) in [6.07, 6.45) is 0.858. The number of rotatable bonds is 3. The Morgan fingerprint density at radius 1 is 1.67 bits per heavy atom. The number of hydrogen-bond donors (Lipinski definition) is 1. The second-order valence-electron chi connectivity index (χ2n) is 4.90. The third-order valence-corrected chi connectivity index (χ3v) is 3.54. The molecule has 2 fully saturated rings. The highest BCUT2D eigenvalue weighted by molar-refractivity contribution is 5.03. The fraction of sp³-hybridized carbons (Fsp3) is 0.818. The Morgan fingerprint density at radius 2 is 2.44 bits per heavy atom. The summed E-state index contributed by atoms with van der Waals surface area (Å²) in [7, 11) is 0. The summed E-state index contributed by atoms with van der Waals surface area (Å²) in [5, 5.41) is 13.3. The Balaban J connectivity index is 2.08. The zero-order valence-corrected chi connectivity index (χ0v) is 10.4. The van der Waals surface area contributed by atoms with E-state index in [0.29, 0.717) is 44.7 Å². The quantitative estimate of drug-likeness (QED) is 0.464. The first-order valence-corrected chi connectivity index (χ1v) is 6.20. The summed E-state index contributed by atoms with van der Waals surface area (Å²) < 4.78 is 18.8. The lowest BCUT2D eigenvalue weighted by atomic mass is 9.97. The van der Waals surface area contributed by atoms with E-state index in [9.17, 15) is 14.5 Å². The van der Waals surface area contributed by atoms with Crippen molar-refractivity contribution in [2.75, 3.05) is 32.8 Å². The van der Waals surface area contributed by atoms with Crippen molar-refractivity contribution in [2.45, 2.75) is 13.3 Å². The average molecular weight is 259 g/mol. The summed E-state index contributed by atoms with van der Waals surface area (Å²) in [6, 6.07) is 0. The summed E-state index contributed by atoms with van der Waals surface area (Å²) >= 11 is 0. The zero-order chi connectivity index (χ0) is 13.1. The summed E-state index contributed by atoms with van der Waals surface area (Å²) in [5.74, 6) is -0.557. The highest BCUT2D eigenvalue weighted by Crippen LogP contribution is 2.24. The molecule has 2 rings (SSSR count). The molecule has 6 nitrogen and oxygen atoms in total. The van der Waals surface area contributed by atoms with Gasteiger partial charge in [-0.25, -0.2) is 0 Å². The topological polar surface area (TPSA) is 67.6 Å². The van der Waals surface area contributed by atoms with E-state index in [-0.39, 0.29) is 5.82 Å². The molecule has 18 heavy (non-hydrogen) atoms. The van der Waals surface area contributed by atoms with E-state index >= 15 is 0 Å². The van der Waals surface area contributed by atoms with Gasteiger partial charge in [-0.1, -0.05) is 6.92 Å². The molecule has 102 valence electrons. The van der Waals surface area contributed by atoms with Crippen molar-refractivity contribution in [1.82, 2.24) is 10.2 Å². The molecule has 2 heterocycles. The number of halogens is 1. The van der Waals surface area contributed by atoms with Crippen LogP contribution in [0.25, 0.3) is 0 Å². The fourth-order valence-corrected chi connectivity index (χ4v) is 2.39. The van der Waals surface area contributed by atoms with Crippen molar-refractivity contribution in [2.24, 2.45) is 11.8 Å². The zero-order valence-electron chi connectivity index (χ0n) is 10.4. The molecular formula is C11H18FN3O3. The molecule has 2 aliphatic heterocycles. The summed E-state index contributed by atoms with van der Waals surface area (Å²) in [4.78, 5) is 11.3. The number of hydrogen-bond acceptors (Lipinski definition) is 5. The minimum absolute atomic E-state index is 0.0188. The Kier molecular flexibility index (Phi) is 4.00. The molecule has 2 saturated heterocycles. The minimum Gasteiger partial charge on any atom is -0.381 e. The van der Waals surface area contributed by atoms with E-state index in [1.807, 2.05) is 0 Å². The van der Waals surface area contributed by atoms with Crippen LogP contribution < -0.4 is 5.32 Å². The molecular weight excluding hydrogens is 241 g/mol. The van der Waals surface area contributed by atoms with Crippen LogP contribution in [0.2, 0.25) is 0 Å². The van der Waals surface area contributed by atoms with E-state index in [1.54, 1.807) is 4.90 Å². The lowest BCUT2D eigenvalue weighted by Gasteiger charge is -2.33. The molecule has 0 spiro atoms. The van der Waals surface area contributed by atoms with Crippen LogP contribution in [0, 0.1) is 22.0 Å². The average Bonchev–Trinajstić information content (AvgIpc) is 2.75. The predicted octanol–water partition coefficient (Wildman–Crippen LogP) is 0.937. The second kappa shape index (κ2) is 5.51. The van der Waals surface area contributed by atoms with Gasteiger partial charge in [-0.05, 0) is 12.3 Å². The highest BCUT2D eigenvalue weighted by Gasteiger charge is 2.31. The van der Waals surface area contributed by atoms with Gasteiger partial charge in [-0.2, -0.15) is 0 Å². The highest BCUT2D eigenvalue weighted by atomic mass is 19.1. The Morgan fingerprint density at radius 3 is 3.06 bits per heavy atom. The third-order valence-electron chi connectivity index (χ3n) is 3.54.